The van der Waals surface area contributed by atoms with Gasteiger partial charge in [-0.25, -0.2) is 0 Å². The van der Waals surface area contributed by atoms with Crippen molar-refractivity contribution in [1.29, 1.82) is 0 Å². The van der Waals surface area contributed by atoms with Crippen molar-refractivity contribution in [3.63, 3.8) is 0 Å². The Balaban J connectivity index is 2.64. The largest absolute Gasteiger partial charge is 0.306 e. The van der Waals surface area contributed by atoms with Crippen LogP contribution in [0.2, 0.25) is 0 Å². The Morgan fingerprint density at radius 3 is 3.09 bits per heavy atom. The fourth-order valence-electron chi connectivity index (χ4n) is 0.659. The van der Waals surface area contributed by atoms with Gasteiger partial charge in [-0.3, -0.25) is 9.48 Å². The molecule has 1 rings (SSSR count). The highest BCUT2D eigenvalue weighted by Gasteiger charge is 1.97. The normalized spacial score (nSPS) is 9.18. The van der Waals surface area contributed by atoms with Gasteiger partial charge in [-0.2, -0.15) is 5.10 Å². The predicted octanol–water partition coefficient (Wildman–Crippen LogP) is 0.545. The molecule has 1 N–H and O–H groups in total. The Bertz CT molecular complexity index is 277. The molecule has 0 saturated carbocycles. The maximum Gasteiger partial charge on any atom is 0.248 e. The zero-order chi connectivity index (χ0) is 8.27. The van der Waals surface area contributed by atoms with Crippen molar-refractivity contribution < 1.29 is 4.79 Å². The molecular weight excluding hydrogens is 142 g/mol. The summed E-state index contributed by atoms with van der Waals surface area (Å²) in [5.74, 6) is 0.293. The van der Waals surface area contributed by atoms with Gasteiger partial charge < -0.3 is 5.32 Å². The highest BCUT2D eigenvalue weighted by molar-refractivity contribution is 5.98. The van der Waals surface area contributed by atoms with Gasteiger partial charge in [0.25, 0.3) is 0 Å². The van der Waals surface area contributed by atoms with Crippen molar-refractivity contribution in [2.45, 2.75) is 0 Å². The van der Waals surface area contributed by atoms with Crippen LogP contribution in [0, 0.1) is 0 Å². The highest BCUT2D eigenvalue weighted by Crippen LogP contribution is 1.99. The number of rotatable bonds is 2. The molecule has 0 aromatic carbocycles. The molecule has 1 heterocycles. The van der Waals surface area contributed by atoms with Gasteiger partial charge in [-0.15, -0.1) is 0 Å². The van der Waals surface area contributed by atoms with Gasteiger partial charge in [0.05, 0.1) is 0 Å². The second-order valence-electron chi connectivity index (χ2n) is 2.07. The van der Waals surface area contributed by atoms with E-state index in [4.69, 9.17) is 0 Å². The smallest absolute Gasteiger partial charge is 0.248 e. The van der Waals surface area contributed by atoms with E-state index in [1.807, 2.05) is 0 Å². The van der Waals surface area contributed by atoms with Crippen molar-refractivity contribution in [3.05, 3.63) is 24.9 Å². The maximum atomic E-state index is 10.7. The van der Waals surface area contributed by atoms with Crippen LogP contribution in [0.15, 0.2) is 24.9 Å². The molecule has 0 aliphatic rings. The van der Waals surface area contributed by atoms with Gasteiger partial charge in [0.1, 0.15) is 0 Å². The SMILES string of the molecule is C=CC(=O)Nc1ccn(C)n1. The molecule has 0 unspecified atom stereocenters. The second kappa shape index (κ2) is 3.01. The van der Waals surface area contributed by atoms with Gasteiger partial charge in [-0.1, -0.05) is 6.58 Å². The molecule has 4 nitrogen and oxygen atoms in total. The number of carbonyl (C=O) groups is 1. The summed E-state index contributed by atoms with van der Waals surface area (Å²) in [6.45, 7) is 3.32. The lowest BCUT2D eigenvalue weighted by molar-refractivity contribution is -0.111. The van der Waals surface area contributed by atoms with Crippen LogP contribution in [0.25, 0.3) is 0 Å². The van der Waals surface area contributed by atoms with E-state index in [0.717, 1.165) is 0 Å². The Morgan fingerprint density at radius 1 is 1.91 bits per heavy atom. The first-order valence-electron chi connectivity index (χ1n) is 3.15. The van der Waals surface area contributed by atoms with Crippen LogP contribution >= 0.6 is 0 Å². The van der Waals surface area contributed by atoms with Crippen LogP contribution in [0.4, 0.5) is 5.82 Å². The summed E-state index contributed by atoms with van der Waals surface area (Å²) in [6, 6.07) is 1.71. The third-order valence-electron chi connectivity index (χ3n) is 1.15. The zero-order valence-corrected chi connectivity index (χ0v) is 6.24. The number of aromatic nitrogens is 2. The van der Waals surface area contributed by atoms with E-state index < -0.39 is 0 Å². The molecule has 0 saturated heterocycles. The van der Waals surface area contributed by atoms with E-state index in [-0.39, 0.29) is 5.91 Å². The van der Waals surface area contributed by atoms with Gasteiger partial charge in [0.2, 0.25) is 5.91 Å². The van der Waals surface area contributed by atoms with Crippen molar-refractivity contribution in [3.8, 4) is 0 Å². The number of anilines is 1. The topological polar surface area (TPSA) is 46.9 Å². The summed E-state index contributed by atoms with van der Waals surface area (Å²) < 4.78 is 1.61. The lowest BCUT2D eigenvalue weighted by atomic mass is 10.5. The zero-order valence-electron chi connectivity index (χ0n) is 6.24. The fourth-order valence-corrected chi connectivity index (χ4v) is 0.659. The molecule has 0 aliphatic carbocycles. The second-order valence-corrected chi connectivity index (χ2v) is 2.07. The number of hydrogen-bond acceptors (Lipinski definition) is 2. The molecule has 58 valence electrons. The third-order valence-corrected chi connectivity index (χ3v) is 1.15. The summed E-state index contributed by atoms with van der Waals surface area (Å²) in [6.07, 6.45) is 2.95. The molecular formula is C7H9N3O. The lowest BCUT2D eigenvalue weighted by Gasteiger charge is -1.93. The summed E-state index contributed by atoms with van der Waals surface area (Å²) >= 11 is 0. The molecule has 1 aromatic heterocycles. The Morgan fingerprint density at radius 2 is 2.64 bits per heavy atom. The van der Waals surface area contributed by atoms with Crippen LogP contribution < -0.4 is 5.32 Å². The van der Waals surface area contributed by atoms with Gasteiger partial charge in [0, 0.05) is 19.3 Å². The molecule has 11 heavy (non-hydrogen) atoms. The van der Waals surface area contributed by atoms with E-state index in [0.29, 0.717) is 5.82 Å². The molecule has 1 aromatic rings. The van der Waals surface area contributed by atoms with Crippen LogP contribution in [0.3, 0.4) is 0 Å². The number of hydrogen-bond donors (Lipinski definition) is 1. The van der Waals surface area contributed by atoms with Crippen LogP contribution in [-0.4, -0.2) is 15.7 Å². The summed E-state index contributed by atoms with van der Waals surface area (Å²) in [4.78, 5) is 10.7. The van der Waals surface area contributed by atoms with Gasteiger partial charge >= 0.3 is 0 Å². The van der Waals surface area contributed by atoms with E-state index >= 15 is 0 Å². The van der Waals surface area contributed by atoms with Gasteiger partial charge in [0.15, 0.2) is 5.82 Å². The fraction of sp³-hybridized carbons (Fsp3) is 0.143. The molecule has 0 bridgehead atoms. The van der Waals surface area contributed by atoms with E-state index in [1.54, 1.807) is 24.0 Å². The molecule has 0 fully saturated rings. The van der Waals surface area contributed by atoms with E-state index in [1.165, 1.54) is 6.08 Å². The molecule has 4 heteroatoms. The maximum absolute atomic E-state index is 10.7. The van der Waals surface area contributed by atoms with Crippen molar-refractivity contribution >= 4 is 11.7 Å². The highest BCUT2D eigenvalue weighted by atomic mass is 16.1. The minimum Gasteiger partial charge on any atom is -0.306 e. The average molecular weight is 151 g/mol. The lowest BCUT2D eigenvalue weighted by Crippen LogP contribution is -2.07. The van der Waals surface area contributed by atoms with Gasteiger partial charge in [-0.05, 0) is 6.08 Å². The first kappa shape index (κ1) is 7.53. The van der Waals surface area contributed by atoms with E-state index in [9.17, 15) is 4.79 Å². The molecule has 0 aliphatic heterocycles. The number of amides is 1. The third kappa shape index (κ3) is 1.93. The first-order valence-corrected chi connectivity index (χ1v) is 3.15. The molecule has 1 amide bonds. The minimum atomic E-state index is -0.247. The molecule has 0 radical (unpaired) electrons. The Kier molecular flexibility index (Phi) is 2.06. The summed E-state index contributed by atoms with van der Waals surface area (Å²) in [7, 11) is 1.78. The summed E-state index contributed by atoms with van der Waals surface area (Å²) in [5, 5.41) is 6.46. The van der Waals surface area contributed by atoms with Crippen molar-refractivity contribution in [2.75, 3.05) is 5.32 Å². The molecule has 0 atom stereocenters. The predicted molar refractivity (Wildman–Crippen MR) is 42.0 cm³/mol. The number of carbonyl (C=O) groups excluding carboxylic acids is 1. The Hall–Kier alpha value is -1.58. The van der Waals surface area contributed by atoms with Crippen molar-refractivity contribution in [1.82, 2.24) is 9.78 Å². The van der Waals surface area contributed by atoms with Crippen LogP contribution in [0.1, 0.15) is 0 Å². The number of nitrogens with zero attached hydrogens (tertiary/aromatic N) is 2. The van der Waals surface area contributed by atoms with Crippen LogP contribution in [0.5, 0.6) is 0 Å². The standard InChI is InChI=1S/C7H9N3O/c1-3-7(11)8-6-4-5-10(2)9-6/h3-5H,1H2,2H3,(H,8,9,11). The first-order chi connectivity index (χ1) is 5.22. The van der Waals surface area contributed by atoms with Crippen molar-refractivity contribution in [2.24, 2.45) is 7.05 Å². The van der Waals surface area contributed by atoms with E-state index in [2.05, 4.69) is 17.0 Å². The Labute approximate surface area is 64.5 Å². The minimum absolute atomic E-state index is 0.247. The number of nitrogens with one attached hydrogen (secondary N) is 1. The average Bonchev–Trinajstić information content (AvgIpc) is 2.35. The quantitative estimate of drug-likeness (QED) is 0.627. The summed E-state index contributed by atoms with van der Waals surface area (Å²) in [5.41, 5.74) is 0. The monoisotopic (exact) mass is 151 g/mol. The number of aryl methyl sites for hydroxylation is 1. The van der Waals surface area contributed by atoms with Crippen LogP contribution in [-0.2, 0) is 11.8 Å². The molecule has 0 spiro atoms.